The molecule has 7 heteroatoms. The average Bonchev–Trinajstić information content (AvgIpc) is 3.31. The minimum atomic E-state index is -0.176. The van der Waals surface area contributed by atoms with Crippen molar-refractivity contribution in [2.75, 3.05) is 19.6 Å². The Bertz CT molecular complexity index is 796. The highest BCUT2D eigenvalue weighted by Crippen LogP contribution is 2.22. The van der Waals surface area contributed by atoms with Gasteiger partial charge in [0.2, 0.25) is 11.8 Å². The topological polar surface area (TPSA) is 80.1 Å². The molecule has 3 heterocycles. The van der Waals surface area contributed by atoms with E-state index in [1.807, 2.05) is 34.0 Å². The fourth-order valence-electron chi connectivity index (χ4n) is 3.95. The molecule has 2 saturated heterocycles. The van der Waals surface area contributed by atoms with E-state index in [0.29, 0.717) is 18.9 Å². The average molecular weight is 367 g/mol. The lowest BCUT2D eigenvalue weighted by Crippen LogP contribution is -2.43. The number of carbonyl (C=O) groups excluding carboxylic acids is 2. The Morgan fingerprint density at radius 2 is 1.96 bits per heavy atom. The van der Waals surface area contributed by atoms with E-state index in [2.05, 4.69) is 27.8 Å². The number of likely N-dealkylation sites (tertiary alicyclic amines) is 1. The van der Waals surface area contributed by atoms with Crippen LogP contribution in [0.5, 0.6) is 0 Å². The Morgan fingerprint density at radius 1 is 1.19 bits per heavy atom. The second kappa shape index (κ2) is 7.90. The van der Waals surface area contributed by atoms with Crippen molar-refractivity contribution in [1.82, 2.24) is 25.2 Å². The largest absolute Gasteiger partial charge is 0.355 e. The molecule has 2 aromatic rings. The van der Waals surface area contributed by atoms with E-state index in [1.165, 1.54) is 5.56 Å². The molecule has 142 valence electrons. The van der Waals surface area contributed by atoms with Gasteiger partial charge in [-0.25, -0.2) is 0 Å². The molecular formula is C20H25N5O2. The van der Waals surface area contributed by atoms with Crippen molar-refractivity contribution >= 4 is 11.8 Å². The van der Waals surface area contributed by atoms with Crippen LogP contribution in [0.15, 0.2) is 36.5 Å². The molecule has 1 aromatic heterocycles. The first-order valence-corrected chi connectivity index (χ1v) is 9.66. The summed E-state index contributed by atoms with van der Waals surface area (Å²) >= 11 is 0. The van der Waals surface area contributed by atoms with Crippen LogP contribution < -0.4 is 5.32 Å². The first-order valence-electron chi connectivity index (χ1n) is 9.66. The molecule has 1 unspecified atom stereocenters. The van der Waals surface area contributed by atoms with Crippen LogP contribution in [0.3, 0.4) is 0 Å². The van der Waals surface area contributed by atoms with Crippen molar-refractivity contribution in [3.8, 4) is 0 Å². The summed E-state index contributed by atoms with van der Waals surface area (Å²) in [7, 11) is 0. The molecular weight excluding hydrogens is 342 g/mol. The standard InChI is InChI=1S/C20H25N5O2/c26-19-11-17(12-21-19)20(27)24-8-6-16(7-9-24)13-25-14-18(22-23-25)10-15-4-2-1-3-5-15/h1-5,14,16-17H,6-13H2,(H,21,26). The zero-order valence-corrected chi connectivity index (χ0v) is 15.4. The number of hydrogen-bond donors (Lipinski definition) is 1. The van der Waals surface area contributed by atoms with Crippen LogP contribution >= 0.6 is 0 Å². The van der Waals surface area contributed by atoms with E-state index in [9.17, 15) is 9.59 Å². The van der Waals surface area contributed by atoms with Gasteiger partial charge in [-0.1, -0.05) is 35.5 Å². The van der Waals surface area contributed by atoms with Gasteiger partial charge in [-0.15, -0.1) is 5.10 Å². The molecule has 0 aliphatic carbocycles. The second-order valence-electron chi connectivity index (χ2n) is 7.57. The number of nitrogens with zero attached hydrogens (tertiary/aromatic N) is 4. The van der Waals surface area contributed by atoms with E-state index in [0.717, 1.165) is 44.6 Å². The lowest BCUT2D eigenvalue weighted by molar-refractivity contribution is -0.137. The molecule has 1 aromatic carbocycles. The molecule has 0 radical (unpaired) electrons. The smallest absolute Gasteiger partial charge is 0.227 e. The number of carbonyl (C=O) groups is 2. The summed E-state index contributed by atoms with van der Waals surface area (Å²) < 4.78 is 1.93. The first kappa shape index (κ1) is 17.7. The first-order chi connectivity index (χ1) is 13.2. The zero-order chi connectivity index (χ0) is 18.6. The highest BCUT2D eigenvalue weighted by molar-refractivity contribution is 5.89. The third-order valence-corrected chi connectivity index (χ3v) is 5.51. The van der Waals surface area contributed by atoms with Gasteiger partial charge >= 0.3 is 0 Å². The van der Waals surface area contributed by atoms with Crippen molar-refractivity contribution in [3.05, 3.63) is 47.8 Å². The Kier molecular flexibility index (Phi) is 5.18. The molecule has 7 nitrogen and oxygen atoms in total. The summed E-state index contributed by atoms with van der Waals surface area (Å²) in [6, 6.07) is 10.3. The lowest BCUT2D eigenvalue weighted by atomic mass is 9.95. The summed E-state index contributed by atoms with van der Waals surface area (Å²) in [5.41, 5.74) is 2.21. The van der Waals surface area contributed by atoms with Gasteiger partial charge in [-0.2, -0.15) is 0 Å². The molecule has 0 spiro atoms. The van der Waals surface area contributed by atoms with Crippen LogP contribution in [0.1, 0.15) is 30.5 Å². The summed E-state index contributed by atoms with van der Waals surface area (Å²) in [4.78, 5) is 25.7. The van der Waals surface area contributed by atoms with Gasteiger partial charge in [0.05, 0.1) is 11.6 Å². The molecule has 1 atom stereocenters. The number of rotatable bonds is 5. The number of amides is 2. The second-order valence-corrected chi connectivity index (χ2v) is 7.57. The van der Waals surface area contributed by atoms with Crippen LogP contribution in [0, 0.1) is 11.8 Å². The van der Waals surface area contributed by atoms with Gasteiger partial charge in [-0.05, 0) is 24.3 Å². The summed E-state index contributed by atoms with van der Waals surface area (Å²) in [5, 5.41) is 11.3. The lowest BCUT2D eigenvalue weighted by Gasteiger charge is -2.33. The van der Waals surface area contributed by atoms with Crippen LogP contribution in [0.25, 0.3) is 0 Å². The molecule has 4 rings (SSSR count). The predicted molar refractivity (Wildman–Crippen MR) is 99.7 cm³/mol. The number of aromatic nitrogens is 3. The van der Waals surface area contributed by atoms with E-state index < -0.39 is 0 Å². The Hall–Kier alpha value is -2.70. The van der Waals surface area contributed by atoms with E-state index in [1.54, 1.807) is 0 Å². The molecule has 0 saturated carbocycles. The third kappa shape index (κ3) is 4.35. The van der Waals surface area contributed by atoms with Crippen LogP contribution in [0.2, 0.25) is 0 Å². The summed E-state index contributed by atoms with van der Waals surface area (Å²) in [6.07, 6.45) is 5.09. The molecule has 1 N–H and O–H groups in total. The predicted octanol–water partition coefficient (Wildman–Crippen LogP) is 1.24. The van der Waals surface area contributed by atoms with Gasteiger partial charge in [0.1, 0.15) is 0 Å². The minimum absolute atomic E-state index is 0.0132. The summed E-state index contributed by atoms with van der Waals surface area (Å²) in [6.45, 7) is 2.85. The third-order valence-electron chi connectivity index (χ3n) is 5.51. The van der Waals surface area contributed by atoms with Crippen LogP contribution in [-0.4, -0.2) is 51.3 Å². The Balaban J connectivity index is 1.26. The van der Waals surface area contributed by atoms with Crippen LogP contribution in [0.4, 0.5) is 0 Å². The monoisotopic (exact) mass is 367 g/mol. The van der Waals surface area contributed by atoms with Gasteiger partial charge in [0.15, 0.2) is 0 Å². The molecule has 2 amide bonds. The highest BCUT2D eigenvalue weighted by Gasteiger charge is 2.33. The van der Waals surface area contributed by atoms with Crippen molar-refractivity contribution in [3.63, 3.8) is 0 Å². The number of benzene rings is 1. The Morgan fingerprint density at radius 3 is 2.67 bits per heavy atom. The van der Waals surface area contributed by atoms with Crippen molar-refractivity contribution in [2.24, 2.45) is 11.8 Å². The van der Waals surface area contributed by atoms with E-state index in [-0.39, 0.29) is 17.7 Å². The zero-order valence-electron chi connectivity index (χ0n) is 15.4. The van der Waals surface area contributed by atoms with Gasteiger partial charge in [-0.3, -0.25) is 14.3 Å². The number of nitrogens with one attached hydrogen (secondary N) is 1. The van der Waals surface area contributed by atoms with Gasteiger partial charge in [0, 0.05) is 45.2 Å². The SMILES string of the molecule is O=C1CC(C(=O)N2CCC(Cn3cc(Cc4ccccc4)nn3)CC2)CN1. The van der Waals surface area contributed by atoms with Gasteiger partial charge in [0.25, 0.3) is 0 Å². The Labute approximate surface area is 158 Å². The molecule has 0 bridgehead atoms. The molecule has 2 fully saturated rings. The normalized spacial score (nSPS) is 20.7. The number of piperidine rings is 1. The molecule has 27 heavy (non-hydrogen) atoms. The molecule has 2 aliphatic rings. The van der Waals surface area contributed by atoms with E-state index in [4.69, 9.17) is 0 Å². The van der Waals surface area contributed by atoms with E-state index >= 15 is 0 Å². The fourth-order valence-corrected chi connectivity index (χ4v) is 3.95. The summed E-state index contributed by atoms with van der Waals surface area (Å²) in [5.74, 6) is 0.437. The fraction of sp³-hybridized carbons (Fsp3) is 0.500. The molecule has 2 aliphatic heterocycles. The van der Waals surface area contributed by atoms with Gasteiger partial charge < -0.3 is 10.2 Å². The number of hydrogen-bond acceptors (Lipinski definition) is 4. The maximum Gasteiger partial charge on any atom is 0.227 e. The minimum Gasteiger partial charge on any atom is -0.355 e. The van der Waals surface area contributed by atoms with Crippen molar-refractivity contribution < 1.29 is 9.59 Å². The maximum atomic E-state index is 12.5. The quantitative estimate of drug-likeness (QED) is 0.862. The van der Waals surface area contributed by atoms with Crippen LogP contribution in [-0.2, 0) is 22.6 Å². The maximum absolute atomic E-state index is 12.5. The van der Waals surface area contributed by atoms with Crippen molar-refractivity contribution in [2.45, 2.75) is 32.2 Å². The van der Waals surface area contributed by atoms with Crippen molar-refractivity contribution in [1.29, 1.82) is 0 Å². The highest BCUT2D eigenvalue weighted by atomic mass is 16.2.